The number of benzene rings is 1. The Balaban J connectivity index is 1.82. The maximum absolute atomic E-state index is 12.8. The first kappa shape index (κ1) is 20.7. The molecule has 152 valence electrons. The van der Waals surface area contributed by atoms with Gasteiger partial charge in [-0.15, -0.1) is 0 Å². The van der Waals surface area contributed by atoms with Gasteiger partial charge in [-0.05, 0) is 17.9 Å². The number of ether oxygens (including phenoxy) is 1. The largest absolute Gasteiger partial charge is 0.451 e. The molecule has 7 heteroatoms. The second-order valence-corrected chi connectivity index (χ2v) is 8.39. The number of morpholine rings is 1. The van der Waals surface area contributed by atoms with Gasteiger partial charge in [0.2, 0.25) is 5.82 Å². The molecule has 0 unspecified atom stereocenters. The van der Waals surface area contributed by atoms with Gasteiger partial charge in [0.05, 0.1) is 12.2 Å². The third-order valence-electron chi connectivity index (χ3n) is 5.04. The zero-order valence-electron chi connectivity index (χ0n) is 16.6. The van der Waals surface area contributed by atoms with Gasteiger partial charge in [-0.2, -0.15) is 13.2 Å². The van der Waals surface area contributed by atoms with Crippen molar-refractivity contribution in [1.82, 2.24) is 14.9 Å². The van der Waals surface area contributed by atoms with Crippen molar-refractivity contribution in [2.45, 2.75) is 52.6 Å². The Morgan fingerprint density at radius 3 is 2.36 bits per heavy atom. The molecule has 0 amide bonds. The molecule has 4 nitrogen and oxygen atoms in total. The second-order valence-electron chi connectivity index (χ2n) is 8.39. The molecule has 1 aromatic heterocycles. The van der Waals surface area contributed by atoms with Crippen molar-refractivity contribution < 1.29 is 17.9 Å². The number of rotatable bonds is 3. The van der Waals surface area contributed by atoms with E-state index in [-0.39, 0.29) is 17.6 Å². The van der Waals surface area contributed by atoms with Crippen molar-refractivity contribution in [3.05, 3.63) is 59.2 Å². The van der Waals surface area contributed by atoms with Gasteiger partial charge in [-0.25, -0.2) is 9.97 Å². The first-order valence-corrected chi connectivity index (χ1v) is 9.36. The van der Waals surface area contributed by atoms with E-state index < -0.39 is 12.0 Å². The van der Waals surface area contributed by atoms with Crippen molar-refractivity contribution in [1.29, 1.82) is 0 Å². The van der Waals surface area contributed by atoms with Crippen LogP contribution in [0, 0.1) is 12.3 Å². The van der Waals surface area contributed by atoms with Crippen LogP contribution in [0.4, 0.5) is 13.2 Å². The maximum atomic E-state index is 12.8. The smallest absolute Gasteiger partial charge is 0.367 e. The van der Waals surface area contributed by atoms with E-state index >= 15 is 0 Å². The highest BCUT2D eigenvalue weighted by atomic mass is 19.4. The van der Waals surface area contributed by atoms with Crippen LogP contribution in [0.25, 0.3) is 0 Å². The van der Waals surface area contributed by atoms with Crippen molar-refractivity contribution >= 4 is 0 Å². The van der Waals surface area contributed by atoms with E-state index in [1.807, 2.05) is 30.3 Å². The van der Waals surface area contributed by atoms with Crippen LogP contribution in [0.1, 0.15) is 49.5 Å². The third kappa shape index (κ3) is 4.89. The van der Waals surface area contributed by atoms with Crippen LogP contribution in [-0.2, 0) is 17.5 Å². The Labute approximate surface area is 163 Å². The van der Waals surface area contributed by atoms with Crippen LogP contribution in [-0.4, -0.2) is 34.1 Å². The minimum Gasteiger partial charge on any atom is -0.367 e. The van der Waals surface area contributed by atoms with E-state index in [1.165, 1.54) is 6.20 Å². The summed E-state index contributed by atoms with van der Waals surface area (Å²) in [4.78, 5) is 9.41. The predicted octanol–water partition coefficient (Wildman–Crippen LogP) is 4.79. The molecule has 1 aromatic carbocycles. The zero-order valence-corrected chi connectivity index (χ0v) is 16.6. The van der Waals surface area contributed by atoms with Crippen molar-refractivity contribution in [3.8, 4) is 0 Å². The van der Waals surface area contributed by atoms with Crippen LogP contribution in [0.3, 0.4) is 0 Å². The van der Waals surface area contributed by atoms with Crippen molar-refractivity contribution in [2.75, 3.05) is 13.1 Å². The number of hydrogen-bond donors (Lipinski definition) is 0. The summed E-state index contributed by atoms with van der Waals surface area (Å²) >= 11 is 0. The molecule has 0 N–H and O–H groups in total. The molecule has 1 aliphatic heterocycles. The summed E-state index contributed by atoms with van der Waals surface area (Å²) in [6.45, 7) is 9.86. The molecule has 1 aliphatic rings. The number of aryl methyl sites for hydroxylation is 1. The van der Waals surface area contributed by atoms with E-state index in [0.717, 1.165) is 5.56 Å². The second kappa shape index (κ2) is 7.79. The Hall–Kier alpha value is -1.99. The molecule has 0 aliphatic carbocycles. The maximum Gasteiger partial charge on any atom is 0.451 e. The summed E-state index contributed by atoms with van der Waals surface area (Å²) in [5.74, 6) is -1.09. The Bertz CT molecular complexity index is 803. The molecular weight excluding hydrogens is 367 g/mol. The quantitative estimate of drug-likeness (QED) is 0.751. The van der Waals surface area contributed by atoms with Gasteiger partial charge in [0, 0.05) is 37.1 Å². The fraction of sp³-hybridized carbons (Fsp3) is 0.524. The topological polar surface area (TPSA) is 38.2 Å². The van der Waals surface area contributed by atoms with Gasteiger partial charge in [0.15, 0.2) is 0 Å². The van der Waals surface area contributed by atoms with Crippen LogP contribution in [0.5, 0.6) is 0 Å². The lowest BCUT2D eigenvalue weighted by Crippen LogP contribution is -2.48. The van der Waals surface area contributed by atoms with Gasteiger partial charge in [0.1, 0.15) is 0 Å². The molecule has 2 atom stereocenters. The number of alkyl halides is 3. The molecule has 0 bridgehead atoms. The summed E-state index contributed by atoms with van der Waals surface area (Å²) in [5.41, 5.74) is 2.10. The monoisotopic (exact) mass is 393 g/mol. The molecule has 0 spiro atoms. The SMILES string of the molecule is Cc1nc(C(F)(F)F)ncc1CN1C[C@@H](c2ccccc2)O[C@@H](C(C)(C)C)C1. The van der Waals surface area contributed by atoms with E-state index in [4.69, 9.17) is 4.74 Å². The number of halogens is 3. The van der Waals surface area contributed by atoms with Gasteiger partial charge in [0.25, 0.3) is 0 Å². The lowest BCUT2D eigenvalue weighted by Gasteiger charge is -2.43. The third-order valence-corrected chi connectivity index (χ3v) is 5.04. The normalized spacial score (nSPS) is 21.7. The number of aromatic nitrogens is 2. The summed E-state index contributed by atoms with van der Waals surface area (Å²) in [6.07, 6.45) is -3.32. The van der Waals surface area contributed by atoms with E-state index in [2.05, 4.69) is 35.6 Å². The highest BCUT2D eigenvalue weighted by Crippen LogP contribution is 2.34. The minimum atomic E-state index is -4.53. The minimum absolute atomic E-state index is 0.00197. The van der Waals surface area contributed by atoms with Crippen molar-refractivity contribution in [2.24, 2.45) is 5.41 Å². The molecule has 1 saturated heterocycles. The van der Waals surface area contributed by atoms with E-state index in [0.29, 0.717) is 30.9 Å². The van der Waals surface area contributed by atoms with Gasteiger partial charge >= 0.3 is 6.18 Å². The molecule has 0 saturated carbocycles. The first-order chi connectivity index (χ1) is 13.0. The lowest BCUT2D eigenvalue weighted by atomic mass is 9.87. The molecule has 2 heterocycles. The van der Waals surface area contributed by atoms with Crippen LogP contribution >= 0.6 is 0 Å². The first-order valence-electron chi connectivity index (χ1n) is 9.36. The molecule has 3 rings (SSSR count). The zero-order chi connectivity index (χ0) is 20.5. The van der Waals surface area contributed by atoms with E-state index in [9.17, 15) is 13.2 Å². The molecular formula is C21H26F3N3O. The average Bonchev–Trinajstić information content (AvgIpc) is 2.62. The summed E-state index contributed by atoms with van der Waals surface area (Å²) in [7, 11) is 0. The fourth-order valence-corrected chi connectivity index (χ4v) is 3.31. The standard InChI is InChI=1S/C21H26F3N3O/c1-14-16(10-25-19(26-14)21(22,23)24)11-27-12-17(15-8-6-5-7-9-15)28-18(13-27)20(2,3)4/h5-10,17-18H,11-13H2,1-4H3/t17-,18+/m0/s1. The number of hydrogen-bond acceptors (Lipinski definition) is 4. The van der Waals surface area contributed by atoms with Gasteiger partial charge < -0.3 is 4.74 Å². The predicted molar refractivity (Wildman–Crippen MR) is 101 cm³/mol. The highest BCUT2D eigenvalue weighted by Gasteiger charge is 2.37. The van der Waals surface area contributed by atoms with Gasteiger partial charge in [-0.1, -0.05) is 51.1 Å². The fourth-order valence-electron chi connectivity index (χ4n) is 3.31. The molecule has 2 aromatic rings. The highest BCUT2D eigenvalue weighted by molar-refractivity contribution is 5.20. The van der Waals surface area contributed by atoms with Crippen LogP contribution in [0.2, 0.25) is 0 Å². The lowest BCUT2D eigenvalue weighted by molar-refractivity contribution is -0.145. The average molecular weight is 393 g/mol. The molecule has 0 radical (unpaired) electrons. The summed E-state index contributed by atoms with van der Waals surface area (Å²) in [6, 6.07) is 10.0. The molecule has 28 heavy (non-hydrogen) atoms. The van der Waals surface area contributed by atoms with Crippen molar-refractivity contribution in [3.63, 3.8) is 0 Å². The van der Waals surface area contributed by atoms with Crippen LogP contribution in [0.15, 0.2) is 36.5 Å². The van der Waals surface area contributed by atoms with Crippen LogP contribution < -0.4 is 0 Å². The summed E-state index contributed by atoms with van der Waals surface area (Å²) < 4.78 is 44.9. The summed E-state index contributed by atoms with van der Waals surface area (Å²) in [5, 5.41) is 0. The number of nitrogens with zero attached hydrogens (tertiary/aromatic N) is 3. The Morgan fingerprint density at radius 2 is 1.79 bits per heavy atom. The Kier molecular flexibility index (Phi) is 5.77. The van der Waals surface area contributed by atoms with Gasteiger partial charge in [-0.3, -0.25) is 4.90 Å². The molecule has 1 fully saturated rings. The van der Waals surface area contributed by atoms with E-state index in [1.54, 1.807) is 6.92 Å². The Morgan fingerprint density at radius 1 is 1.11 bits per heavy atom.